The number of hydrogen-bond donors (Lipinski definition) is 5. The molecule has 2 heterocycles. The summed E-state index contributed by atoms with van der Waals surface area (Å²) in [7, 11) is 0. The van der Waals surface area contributed by atoms with Gasteiger partial charge in [0.2, 0.25) is 0 Å². The summed E-state index contributed by atoms with van der Waals surface area (Å²) in [6.07, 6.45) is 11.1. The van der Waals surface area contributed by atoms with Crippen molar-refractivity contribution in [2.24, 2.45) is 0 Å². The SMILES string of the molecule is CCCN/C=C(\C=N)c1cc(NC2CCNCC2)c2c(c1)=CCNC=2. The topological polar surface area (TPSA) is 72.0 Å². The summed E-state index contributed by atoms with van der Waals surface area (Å²) >= 11 is 0. The summed E-state index contributed by atoms with van der Waals surface area (Å²) in [4.78, 5) is 0. The third-order valence-electron chi connectivity index (χ3n) is 4.74. The van der Waals surface area contributed by atoms with E-state index in [2.05, 4.69) is 52.6 Å². The van der Waals surface area contributed by atoms with Crippen LogP contribution in [0.5, 0.6) is 0 Å². The van der Waals surface area contributed by atoms with Gasteiger partial charge in [-0.2, -0.15) is 0 Å². The lowest BCUT2D eigenvalue weighted by atomic mass is 10.0. The van der Waals surface area contributed by atoms with Crippen molar-refractivity contribution >= 4 is 29.8 Å². The zero-order chi connectivity index (χ0) is 17.5. The Morgan fingerprint density at radius 3 is 2.92 bits per heavy atom. The molecular weight excluding hydrogens is 310 g/mol. The molecule has 5 heteroatoms. The zero-order valence-electron chi connectivity index (χ0n) is 15.0. The van der Waals surface area contributed by atoms with Gasteiger partial charge in [0.1, 0.15) is 0 Å². The van der Waals surface area contributed by atoms with E-state index in [0.717, 1.165) is 62.3 Å². The fraction of sp³-hybridized carbons (Fsp3) is 0.450. The van der Waals surface area contributed by atoms with E-state index in [1.54, 1.807) is 0 Å². The molecule has 1 aromatic carbocycles. The van der Waals surface area contributed by atoms with Crippen molar-refractivity contribution in [2.45, 2.75) is 32.2 Å². The largest absolute Gasteiger partial charge is 0.390 e. The Bertz CT molecular complexity index is 744. The van der Waals surface area contributed by atoms with Gasteiger partial charge in [-0.05, 0) is 55.3 Å². The van der Waals surface area contributed by atoms with Crippen molar-refractivity contribution in [1.82, 2.24) is 16.0 Å². The monoisotopic (exact) mass is 339 g/mol. The van der Waals surface area contributed by atoms with E-state index in [1.807, 2.05) is 6.20 Å². The molecule has 5 N–H and O–H groups in total. The Balaban J connectivity index is 1.96. The molecule has 25 heavy (non-hydrogen) atoms. The second-order valence-electron chi connectivity index (χ2n) is 6.65. The standard InChI is InChI=1S/C20H29N5/c1-2-6-23-13-17(12-21)16-10-15-3-7-24-14-19(15)20(11-16)25-18-4-8-22-9-5-18/h3,10-14,18,21-25H,2,4-9H2,1H3/b17-13+,21-12?. The van der Waals surface area contributed by atoms with Gasteiger partial charge in [-0.15, -0.1) is 0 Å². The lowest BCUT2D eigenvalue weighted by Crippen LogP contribution is -2.40. The van der Waals surface area contributed by atoms with Crippen LogP contribution in [0.3, 0.4) is 0 Å². The van der Waals surface area contributed by atoms with Crippen molar-refractivity contribution in [2.75, 3.05) is 31.5 Å². The molecule has 1 fully saturated rings. The first-order chi connectivity index (χ1) is 12.3. The number of allylic oxidation sites excluding steroid dienone is 1. The van der Waals surface area contributed by atoms with E-state index in [4.69, 9.17) is 5.41 Å². The smallest absolute Gasteiger partial charge is 0.0442 e. The number of piperidine rings is 1. The lowest BCUT2D eigenvalue weighted by molar-refractivity contribution is 0.479. The molecule has 3 rings (SSSR count). The van der Waals surface area contributed by atoms with Crippen LogP contribution >= 0.6 is 0 Å². The summed E-state index contributed by atoms with van der Waals surface area (Å²) < 4.78 is 0. The number of benzene rings is 1. The normalized spacial score (nSPS) is 17.6. The summed E-state index contributed by atoms with van der Waals surface area (Å²) in [5.74, 6) is 0. The molecule has 0 spiro atoms. The number of anilines is 1. The predicted molar refractivity (Wildman–Crippen MR) is 107 cm³/mol. The van der Waals surface area contributed by atoms with Crippen LogP contribution in [0.2, 0.25) is 0 Å². The second kappa shape index (κ2) is 8.72. The Hall–Kier alpha value is -2.27. The Labute approximate surface area is 149 Å². The minimum Gasteiger partial charge on any atom is -0.390 e. The van der Waals surface area contributed by atoms with Crippen molar-refractivity contribution < 1.29 is 0 Å². The van der Waals surface area contributed by atoms with Crippen LogP contribution in [0.1, 0.15) is 31.7 Å². The Kier molecular flexibility index (Phi) is 6.12. The lowest BCUT2D eigenvalue weighted by Gasteiger charge is -2.25. The van der Waals surface area contributed by atoms with Gasteiger partial charge < -0.3 is 26.7 Å². The minimum atomic E-state index is 0.501. The van der Waals surface area contributed by atoms with E-state index in [0.29, 0.717) is 6.04 Å². The number of nitrogens with one attached hydrogen (secondary N) is 5. The fourth-order valence-corrected chi connectivity index (χ4v) is 3.34. The highest BCUT2D eigenvalue weighted by atomic mass is 15.0. The molecule has 5 nitrogen and oxygen atoms in total. The molecule has 0 amide bonds. The zero-order valence-corrected chi connectivity index (χ0v) is 15.0. The first-order valence-corrected chi connectivity index (χ1v) is 9.31. The van der Waals surface area contributed by atoms with Gasteiger partial charge in [0.25, 0.3) is 0 Å². The van der Waals surface area contributed by atoms with Crippen LogP contribution in [0, 0.1) is 5.41 Å². The summed E-state index contributed by atoms with van der Waals surface area (Å²) in [6, 6.07) is 4.87. The molecule has 1 aromatic rings. The maximum Gasteiger partial charge on any atom is 0.0442 e. The van der Waals surface area contributed by atoms with E-state index >= 15 is 0 Å². The molecule has 0 unspecified atom stereocenters. The van der Waals surface area contributed by atoms with Gasteiger partial charge in [0.15, 0.2) is 0 Å². The van der Waals surface area contributed by atoms with E-state index in [1.165, 1.54) is 16.7 Å². The van der Waals surface area contributed by atoms with Gasteiger partial charge in [-0.25, -0.2) is 0 Å². The summed E-state index contributed by atoms with van der Waals surface area (Å²) in [5.41, 5.74) is 3.16. The number of fused-ring (bicyclic) bond motifs is 1. The molecule has 0 aliphatic carbocycles. The Morgan fingerprint density at radius 2 is 2.16 bits per heavy atom. The van der Waals surface area contributed by atoms with Crippen LogP contribution in [0.25, 0.3) is 17.8 Å². The minimum absolute atomic E-state index is 0.501. The fourth-order valence-electron chi connectivity index (χ4n) is 3.34. The molecule has 0 saturated carbocycles. The quantitative estimate of drug-likeness (QED) is 0.379. The average Bonchev–Trinajstić information content (AvgIpc) is 2.66. The molecule has 0 radical (unpaired) electrons. The van der Waals surface area contributed by atoms with Gasteiger partial charge >= 0.3 is 0 Å². The van der Waals surface area contributed by atoms with Crippen LogP contribution in [0.4, 0.5) is 5.69 Å². The molecule has 1 saturated heterocycles. The van der Waals surface area contributed by atoms with Crippen LogP contribution < -0.4 is 31.7 Å². The highest BCUT2D eigenvalue weighted by Gasteiger charge is 2.14. The molecule has 0 bridgehead atoms. The van der Waals surface area contributed by atoms with Gasteiger partial charge in [-0.1, -0.05) is 13.0 Å². The first kappa shape index (κ1) is 17.5. The average molecular weight is 339 g/mol. The van der Waals surface area contributed by atoms with Crippen molar-refractivity contribution in [3.05, 3.63) is 34.3 Å². The third kappa shape index (κ3) is 4.42. The Morgan fingerprint density at radius 1 is 1.32 bits per heavy atom. The predicted octanol–water partition coefficient (Wildman–Crippen LogP) is 0.962. The van der Waals surface area contributed by atoms with Crippen LogP contribution in [0.15, 0.2) is 18.3 Å². The van der Waals surface area contributed by atoms with Gasteiger partial charge in [0, 0.05) is 54.2 Å². The second-order valence-corrected chi connectivity index (χ2v) is 6.65. The number of hydrogen-bond acceptors (Lipinski definition) is 5. The molecule has 2 aliphatic heterocycles. The van der Waals surface area contributed by atoms with Crippen molar-refractivity contribution in [1.29, 1.82) is 5.41 Å². The van der Waals surface area contributed by atoms with Crippen LogP contribution in [-0.4, -0.2) is 38.4 Å². The van der Waals surface area contributed by atoms with E-state index < -0.39 is 0 Å². The molecular formula is C20H29N5. The molecule has 134 valence electrons. The molecule has 0 aromatic heterocycles. The highest BCUT2D eigenvalue weighted by molar-refractivity contribution is 6.08. The summed E-state index contributed by atoms with van der Waals surface area (Å²) in [6.45, 7) is 6.05. The van der Waals surface area contributed by atoms with Crippen molar-refractivity contribution in [3.63, 3.8) is 0 Å². The maximum absolute atomic E-state index is 7.80. The van der Waals surface area contributed by atoms with Crippen molar-refractivity contribution in [3.8, 4) is 0 Å². The highest BCUT2D eigenvalue weighted by Crippen LogP contribution is 2.15. The van der Waals surface area contributed by atoms with E-state index in [-0.39, 0.29) is 0 Å². The molecule has 2 aliphatic rings. The van der Waals surface area contributed by atoms with Gasteiger partial charge in [0.05, 0.1) is 0 Å². The third-order valence-corrected chi connectivity index (χ3v) is 4.74. The maximum atomic E-state index is 7.80. The first-order valence-electron chi connectivity index (χ1n) is 9.31. The van der Waals surface area contributed by atoms with Gasteiger partial charge in [-0.3, -0.25) is 0 Å². The summed E-state index contributed by atoms with van der Waals surface area (Å²) in [5, 5.41) is 24.0. The molecule has 0 atom stereocenters. The van der Waals surface area contributed by atoms with E-state index in [9.17, 15) is 0 Å². The van der Waals surface area contributed by atoms with Crippen LogP contribution in [-0.2, 0) is 0 Å². The number of rotatable bonds is 7.